The molecule has 7 heteroatoms. The molecule has 18 heavy (non-hydrogen) atoms. The Hall–Kier alpha value is -1.66. The predicted molar refractivity (Wildman–Crippen MR) is 52.4 cm³/mol. The van der Waals surface area contributed by atoms with E-state index in [1.54, 1.807) is 0 Å². The van der Waals surface area contributed by atoms with Crippen LogP contribution in [-0.4, -0.2) is 22.9 Å². The molecule has 0 saturated heterocycles. The van der Waals surface area contributed by atoms with E-state index in [4.69, 9.17) is 5.11 Å². The molecule has 1 aromatic rings. The van der Waals surface area contributed by atoms with Crippen molar-refractivity contribution in [3.63, 3.8) is 0 Å². The normalized spacial score (nSPS) is 16.1. The second-order valence-electron chi connectivity index (χ2n) is 3.79. The average Bonchev–Trinajstić information content (AvgIpc) is 2.27. The van der Waals surface area contributed by atoms with Gasteiger partial charge in [0.25, 0.3) is 0 Å². The zero-order valence-corrected chi connectivity index (χ0v) is 9.13. The number of hydrogen-bond donors (Lipinski definition) is 1. The molecule has 1 aromatic carbocycles. The molecule has 1 N–H and O–H groups in total. The first-order valence-corrected chi connectivity index (χ1v) is 4.78. The van der Waals surface area contributed by atoms with Crippen LogP contribution in [0.4, 0.5) is 22.0 Å². The number of carbonyl (C=O) groups is 1. The van der Waals surface area contributed by atoms with Crippen molar-refractivity contribution < 1.29 is 31.9 Å². The topological polar surface area (TPSA) is 37.3 Å². The number of rotatable bonds is 4. The monoisotopic (exact) mass is 268 g/mol. The predicted octanol–water partition coefficient (Wildman–Crippen LogP) is 3.23. The fraction of sp³-hybridized carbons (Fsp3) is 0.364. The lowest BCUT2D eigenvalue weighted by molar-refractivity contribution is -0.267. The van der Waals surface area contributed by atoms with E-state index in [1.165, 1.54) is 6.07 Å². The van der Waals surface area contributed by atoms with E-state index in [1.807, 2.05) is 0 Å². The Bertz CT molecular complexity index is 440. The Morgan fingerprint density at radius 3 is 1.83 bits per heavy atom. The Morgan fingerprint density at radius 2 is 1.50 bits per heavy atom. The van der Waals surface area contributed by atoms with Crippen LogP contribution in [0.1, 0.15) is 12.5 Å². The third-order valence-electron chi connectivity index (χ3n) is 2.45. The van der Waals surface area contributed by atoms with Gasteiger partial charge in [0.05, 0.1) is 0 Å². The summed E-state index contributed by atoms with van der Waals surface area (Å²) in [5, 5.41) is 8.60. The molecule has 1 rings (SSSR count). The summed E-state index contributed by atoms with van der Waals surface area (Å²) in [7, 11) is 0. The van der Waals surface area contributed by atoms with Crippen LogP contribution in [0.5, 0.6) is 0 Å². The quantitative estimate of drug-likeness (QED) is 0.851. The lowest BCUT2D eigenvalue weighted by Gasteiger charge is -2.33. The highest BCUT2D eigenvalue weighted by molar-refractivity contribution is 5.81. The maximum atomic E-state index is 14.1. The van der Waals surface area contributed by atoms with Crippen molar-refractivity contribution in [2.75, 3.05) is 0 Å². The van der Waals surface area contributed by atoms with Gasteiger partial charge in [0.2, 0.25) is 0 Å². The molecule has 0 aromatic heterocycles. The summed E-state index contributed by atoms with van der Waals surface area (Å²) in [6, 6.07) is 4.91. The Balaban J connectivity index is 3.48. The molecule has 0 radical (unpaired) electrons. The zero-order valence-electron chi connectivity index (χ0n) is 9.13. The largest absolute Gasteiger partial charge is 0.478 e. The number of hydrogen-bond acceptors (Lipinski definition) is 1. The molecule has 1 unspecified atom stereocenters. The van der Waals surface area contributed by atoms with E-state index in [0.29, 0.717) is 12.1 Å². The third kappa shape index (κ3) is 1.93. The molecule has 1 atom stereocenters. The van der Waals surface area contributed by atoms with E-state index in [2.05, 4.69) is 0 Å². The van der Waals surface area contributed by atoms with Gasteiger partial charge in [-0.15, -0.1) is 0 Å². The maximum absolute atomic E-state index is 14.1. The molecular formula is C11H9F5O2. The maximum Gasteiger partial charge on any atom is 0.358 e. The zero-order chi connectivity index (χ0) is 14.2. The van der Waals surface area contributed by atoms with Gasteiger partial charge in [-0.25, -0.2) is 18.0 Å². The summed E-state index contributed by atoms with van der Waals surface area (Å²) in [5.41, 5.74) is -5.53. The van der Waals surface area contributed by atoms with Crippen LogP contribution in [0.3, 0.4) is 0 Å². The van der Waals surface area contributed by atoms with Gasteiger partial charge in [-0.1, -0.05) is 30.3 Å². The van der Waals surface area contributed by atoms with Crippen molar-refractivity contribution in [1.29, 1.82) is 0 Å². The van der Waals surface area contributed by atoms with Gasteiger partial charge >= 0.3 is 23.5 Å². The fourth-order valence-electron chi connectivity index (χ4n) is 1.41. The molecule has 0 amide bonds. The molecule has 0 spiro atoms. The lowest BCUT2D eigenvalue weighted by atomic mass is 9.86. The van der Waals surface area contributed by atoms with Gasteiger partial charge in [0.1, 0.15) is 0 Å². The molecular weight excluding hydrogens is 259 g/mol. The number of benzene rings is 1. The highest BCUT2D eigenvalue weighted by Crippen LogP contribution is 2.50. The summed E-state index contributed by atoms with van der Waals surface area (Å²) >= 11 is 0. The molecule has 100 valence electrons. The van der Waals surface area contributed by atoms with Crippen molar-refractivity contribution in [2.24, 2.45) is 0 Å². The minimum absolute atomic E-state index is 0.229. The van der Waals surface area contributed by atoms with E-state index < -0.39 is 29.0 Å². The van der Waals surface area contributed by atoms with E-state index in [-0.39, 0.29) is 6.92 Å². The van der Waals surface area contributed by atoms with Crippen molar-refractivity contribution in [3.05, 3.63) is 35.9 Å². The van der Waals surface area contributed by atoms with Gasteiger partial charge in [-0.3, -0.25) is 0 Å². The van der Waals surface area contributed by atoms with Crippen molar-refractivity contribution in [1.82, 2.24) is 0 Å². The Kier molecular flexibility index (Phi) is 3.38. The average molecular weight is 268 g/mol. The van der Waals surface area contributed by atoms with Gasteiger partial charge in [0.15, 0.2) is 0 Å². The van der Waals surface area contributed by atoms with Gasteiger partial charge in [-0.2, -0.15) is 8.78 Å². The van der Waals surface area contributed by atoms with Crippen molar-refractivity contribution in [3.8, 4) is 0 Å². The summed E-state index contributed by atoms with van der Waals surface area (Å²) in [5.74, 6) is -12.9. The summed E-state index contributed by atoms with van der Waals surface area (Å²) < 4.78 is 66.5. The lowest BCUT2D eigenvalue weighted by Crippen LogP contribution is -2.57. The highest BCUT2D eigenvalue weighted by atomic mass is 19.3. The molecule has 0 aliphatic heterocycles. The Morgan fingerprint density at radius 1 is 1.06 bits per heavy atom. The molecule has 0 aliphatic carbocycles. The molecule has 0 bridgehead atoms. The van der Waals surface area contributed by atoms with Crippen molar-refractivity contribution in [2.45, 2.75) is 24.4 Å². The van der Waals surface area contributed by atoms with Crippen LogP contribution in [-0.2, 0) is 10.5 Å². The smallest absolute Gasteiger partial charge is 0.358 e. The van der Waals surface area contributed by atoms with Crippen LogP contribution < -0.4 is 0 Å². The number of alkyl halides is 5. The number of halogens is 5. The molecule has 0 fully saturated rings. The van der Waals surface area contributed by atoms with Crippen LogP contribution in [0.15, 0.2) is 30.3 Å². The van der Waals surface area contributed by atoms with E-state index in [0.717, 1.165) is 12.1 Å². The van der Waals surface area contributed by atoms with E-state index >= 15 is 0 Å². The first-order valence-electron chi connectivity index (χ1n) is 4.78. The third-order valence-corrected chi connectivity index (χ3v) is 2.45. The number of aliphatic carboxylic acids is 1. The van der Waals surface area contributed by atoms with Crippen LogP contribution >= 0.6 is 0 Å². The minimum Gasteiger partial charge on any atom is -0.478 e. The standard InChI is InChI=1S/C11H9F5O2/c1-9(12,13)11(15,16)10(14,8(17)18)7-5-3-2-4-6-7/h2-6H,1H3,(H,17,18). The van der Waals surface area contributed by atoms with Crippen LogP contribution in [0.2, 0.25) is 0 Å². The van der Waals surface area contributed by atoms with Gasteiger partial charge in [-0.05, 0) is 0 Å². The second-order valence-corrected chi connectivity index (χ2v) is 3.79. The number of carboxylic acids is 1. The highest BCUT2D eigenvalue weighted by Gasteiger charge is 2.72. The fourth-order valence-corrected chi connectivity index (χ4v) is 1.41. The molecule has 0 saturated carbocycles. The molecule has 2 nitrogen and oxygen atoms in total. The molecule has 0 aliphatic rings. The molecule has 0 heterocycles. The van der Waals surface area contributed by atoms with Crippen molar-refractivity contribution >= 4 is 5.97 Å². The second kappa shape index (κ2) is 4.22. The minimum atomic E-state index is -5.38. The van der Waals surface area contributed by atoms with E-state index in [9.17, 15) is 26.7 Å². The summed E-state index contributed by atoms with van der Waals surface area (Å²) in [6.45, 7) is -0.229. The first-order chi connectivity index (χ1) is 8.05. The van der Waals surface area contributed by atoms with Gasteiger partial charge < -0.3 is 5.11 Å². The first kappa shape index (κ1) is 14.4. The van der Waals surface area contributed by atoms with Crippen LogP contribution in [0.25, 0.3) is 0 Å². The summed E-state index contributed by atoms with van der Waals surface area (Å²) in [4.78, 5) is 10.7. The number of carboxylic acid groups (broad SMARTS) is 1. The van der Waals surface area contributed by atoms with Crippen LogP contribution in [0, 0.1) is 0 Å². The summed E-state index contributed by atoms with van der Waals surface area (Å²) in [6.07, 6.45) is 0. The van der Waals surface area contributed by atoms with Gasteiger partial charge in [0, 0.05) is 12.5 Å². The Labute approximate surface area is 99.0 Å². The SMILES string of the molecule is CC(F)(F)C(F)(F)C(F)(C(=O)O)c1ccccc1.